The summed E-state index contributed by atoms with van der Waals surface area (Å²) >= 11 is 3.28. The molecule has 15 heavy (non-hydrogen) atoms. The Morgan fingerprint density at radius 1 is 1.67 bits per heavy atom. The lowest BCUT2D eigenvalue weighted by Crippen LogP contribution is -2.28. The van der Waals surface area contributed by atoms with Gasteiger partial charge >= 0.3 is 0 Å². The molecule has 78 valence electrons. The van der Waals surface area contributed by atoms with Crippen LogP contribution in [-0.4, -0.2) is 24.0 Å². The Labute approximate surface area is 96.6 Å². The zero-order valence-corrected chi connectivity index (χ0v) is 9.54. The van der Waals surface area contributed by atoms with Crippen molar-refractivity contribution in [2.45, 2.75) is 0 Å². The first-order chi connectivity index (χ1) is 7.24. The zero-order valence-electron chi connectivity index (χ0n) is 7.96. The summed E-state index contributed by atoms with van der Waals surface area (Å²) in [5.41, 5.74) is 0.692. The van der Waals surface area contributed by atoms with Crippen molar-refractivity contribution in [1.82, 2.24) is 10.3 Å². The Balaban J connectivity index is 2.45. The van der Waals surface area contributed by atoms with Crippen LogP contribution in [-0.2, 0) is 4.79 Å². The Morgan fingerprint density at radius 2 is 2.47 bits per heavy atom. The van der Waals surface area contributed by atoms with Gasteiger partial charge in [-0.25, -0.2) is 0 Å². The summed E-state index contributed by atoms with van der Waals surface area (Å²) in [6, 6.07) is 1.71. The predicted octanol–water partition coefficient (Wildman–Crippen LogP) is 1.01. The van der Waals surface area contributed by atoms with E-state index >= 15 is 0 Å². The number of amides is 1. The molecule has 1 aromatic rings. The third-order valence-corrected chi connectivity index (χ3v) is 2.19. The maximum atomic E-state index is 11.4. The molecular formula is C10H10BrN3O. The van der Waals surface area contributed by atoms with Gasteiger partial charge in [0.15, 0.2) is 0 Å². The fourth-order valence-electron chi connectivity index (χ4n) is 0.919. The molecule has 0 aliphatic carbocycles. The quantitative estimate of drug-likeness (QED) is 0.633. The van der Waals surface area contributed by atoms with E-state index in [9.17, 15) is 4.79 Å². The molecule has 4 nitrogen and oxygen atoms in total. The number of rotatable bonds is 4. The van der Waals surface area contributed by atoms with Crippen LogP contribution in [0.1, 0.15) is 0 Å². The number of carbonyl (C=O) groups is 1. The SMILES string of the molecule is C#CCNCC(=O)Nc1ccncc1Br. The van der Waals surface area contributed by atoms with E-state index in [0.29, 0.717) is 12.2 Å². The first kappa shape index (κ1) is 11.7. The van der Waals surface area contributed by atoms with Gasteiger partial charge in [-0.05, 0) is 22.0 Å². The van der Waals surface area contributed by atoms with Crippen LogP contribution in [0.5, 0.6) is 0 Å². The Bertz CT molecular complexity index is 386. The lowest BCUT2D eigenvalue weighted by molar-refractivity contribution is -0.115. The van der Waals surface area contributed by atoms with Gasteiger partial charge in [0.05, 0.1) is 23.2 Å². The second-order valence-corrected chi connectivity index (χ2v) is 3.57. The van der Waals surface area contributed by atoms with Gasteiger partial charge in [-0.15, -0.1) is 6.42 Å². The number of nitrogens with zero attached hydrogens (tertiary/aromatic N) is 1. The van der Waals surface area contributed by atoms with Crippen molar-refractivity contribution >= 4 is 27.5 Å². The number of hydrogen-bond donors (Lipinski definition) is 2. The topological polar surface area (TPSA) is 54.0 Å². The molecule has 0 aliphatic heterocycles. The first-order valence-electron chi connectivity index (χ1n) is 4.27. The zero-order chi connectivity index (χ0) is 11.1. The van der Waals surface area contributed by atoms with E-state index in [2.05, 4.69) is 37.5 Å². The highest BCUT2D eigenvalue weighted by Crippen LogP contribution is 2.19. The molecule has 5 heteroatoms. The van der Waals surface area contributed by atoms with Crippen molar-refractivity contribution in [2.24, 2.45) is 0 Å². The average Bonchev–Trinajstić information content (AvgIpc) is 2.22. The Hall–Kier alpha value is -1.38. The molecule has 1 aromatic heterocycles. The standard InChI is InChI=1S/C10H10BrN3O/c1-2-4-12-7-10(15)14-9-3-5-13-6-8(9)11/h1,3,5-6,12H,4,7H2,(H,13,14,15). The molecule has 1 heterocycles. The van der Waals surface area contributed by atoms with Crippen LogP contribution >= 0.6 is 15.9 Å². The van der Waals surface area contributed by atoms with Crippen LogP contribution in [0.25, 0.3) is 0 Å². The largest absolute Gasteiger partial charge is 0.324 e. The van der Waals surface area contributed by atoms with Gasteiger partial charge in [0.2, 0.25) is 5.91 Å². The lowest BCUT2D eigenvalue weighted by atomic mass is 10.4. The van der Waals surface area contributed by atoms with E-state index in [4.69, 9.17) is 6.42 Å². The highest BCUT2D eigenvalue weighted by Gasteiger charge is 2.03. The molecule has 0 spiro atoms. The van der Waals surface area contributed by atoms with Crippen LogP contribution < -0.4 is 10.6 Å². The summed E-state index contributed by atoms with van der Waals surface area (Å²) in [6.07, 6.45) is 8.25. The number of terminal acetylenes is 1. The second kappa shape index (κ2) is 6.17. The van der Waals surface area contributed by atoms with Gasteiger partial charge in [0.25, 0.3) is 0 Å². The maximum Gasteiger partial charge on any atom is 0.238 e. The molecule has 0 aromatic carbocycles. The van der Waals surface area contributed by atoms with E-state index in [-0.39, 0.29) is 12.5 Å². The summed E-state index contributed by atoms with van der Waals surface area (Å²) in [7, 11) is 0. The summed E-state index contributed by atoms with van der Waals surface area (Å²) in [4.78, 5) is 15.2. The summed E-state index contributed by atoms with van der Waals surface area (Å²) in [5.74, 6) is 2.25. The molecule has 0 bridgehead atoms. The van der Waals surface area contributed by atoms with E-state index in [1.54, 1.807) is 18.5 Å². The smallest absolute Gasteiger partial charge is 0.238 e. The minimum absolute atomic E-state index is 0.142. The van der Waals surface area contributed by atoms with E-state index < -0.39 is 0 Å². The number of hydrogen-bond acceptors (Lipinski definition) is 3. The molecular weight excluding hydrogens is 258 g/mol. The summed E-state index contributed by atoms with van der Waals surface area (Å²) in [6.45, 7) is 0.573. The molecule has 0 aliphatic rings. The number of carbonyl (C=O) groups excluding carboxylic acids is 1. The number of anilines is 1. The highest BCUT2D eigenvalue weighted by molar-refractivity contribution is 9.10. The Kier molecular flexibility index (Phi) is 4.81. The van der Waals surface area contributed by atoms with Crippen LogP contribution in [0.15, 0.2) is 22.9 Å². The van der Waals surface area contributed by atoms with Gasteiger partial charge in [0.1, 0.15) is 0 Å². The van der Waals surface area contributed by atoms with E-state index in [1.165, 1.54) is 0 Å². The fraction of sp³-hybridized carbons (Fsp3) is 0.200. The molecule has 0 fully saturated rings. The molecule has 1 rings (SSSR count). The summed E-state index contributed by atoms with van der Waals surface area (Å²) < 4.78 is 0.746. The molecule has 0 saturated carbocycles. The minimum Gasteiger partial charge on any atom is -0.324 e. The van der Waals surface area contributed by atoms with Gasteiger partial charge < -0.3 is 5.32 Å². The van der Waals surface area contributed by atoms with E-state index in [1.807, 2.05) is 0 Å². The maximum absolute atomic E-state index is 11.4. The highest BCUT2D eigenvalue weighted by atomic mass is 79.9. The second-order valence-electron chi connectivity index (χ2n) is 2.71. The molecule has 0 atom stereocenters. The van der Waals surface area contributed by atoms with Crippen LogP contribution in [0.4, 0.5) is 5.69 Å². The predicted molar refractivity (Wildman–Crippen MR) is 62.3 cm³/mol. The molecule has 2 N–H and O–H groups in total. The van der Waals surface area contributed by atoms with Gasteiger partial charge in [-0.1, -0.05) is 5.92 Å². The van der Waals surface area contributed by atoms with Crippen molar-refractivity contribution in [3.63, 3.8) is 0 Å². The number of aromatic nitrogens is 1. The third-order valence-electron chi connectivity index (χ3n) is 1.56. The van der Waals surface area contributed by atoms with Crippen LogP contribution in [0, 0.1) is 12.3 Å². The normalized spacial score (nSPS) is 9.33. The summed E-state index contributed by atoms with van der Waals surface area (Å²) in [5, 5.41) is 5.51. The molecule has 0 saturated heterocycles. The number of pyridine rings is 1. The van der Waals surface area contributed by atoms with Crippen molar-refractivity contribution < 1.29 is 4.79 Å². The average molecular weight is 268 g/mol. The van der Waals surface area contributed by atoms with Crippen LogP contribution in [0.3, 0.4) is 0 Å². The van der Waals surface area contributed by atoms with Crippen molar-refractivity contribution in [2.75, 3.05) is 18.4 Å². The van der Waals surface area contributed by atoms with Crippen LogP contribution in [0.2, 0.25) is 0 Å². The van der Waals surface area contributed by atoms with Crippen molar-refractivity contribution in [3.05, 3.63) is 22.9 Å². The van der Waals surface area contributed by atoms with Gasteiger partial charge in [0, 0.05) is 12.4 Å². The van der Waals surface area contributed by atoms with Crippen molar-refractivity contribution in [1.29, 1.82) is 0 Å². The lowest BCUT2D eigenvalue weighted by Gasteiger charge is -2.06. The van der Waals surface area contributed by atoms with Crippen molar-refractivity contribution in [3.8, 4) is 12.3 Å². The monoisotopic (exact) mass is 267 g/mol. The molecule has 0 radical (unpaired) electrons. The molecule has 0 unspecified atom stereocenters. The fourth-order valence-corrected chi connectivity index (χ4v) is 1.27. The van der Waals surface area contributed by atoms with E-state index in [0.717, 1.165) is 4.47 Å². The first-order valence-corrected chi connectivity index (χ1v) is 5.07. The van der Waals surface area contributed by atoms with Gasteiger partial charge in [-0.3, -0.25) is 15.1 Å². The third kappa shape index (κ3) is 4.11. The number of halogens is 1. The molecule has 1 amide bonds. The van der Waals surface area contributed by atoms with Gasteiger partial charge in [-0.2, -0.15) is 0 Å². The minimum atomic E-state index is -0.142. The Morgan fingerprint density at radius 3 is 3.13 bits per heavy atom. The number of nitrogens with one attached hydrogen (secondary N) is 2.